The summed E-state index contributed by atoms with van der Waals surface area (Å²) in [4.78, 5) is 0. The van der Waals surface area contributed by atoms with Gasteiger partial charge in [0, 0.05) is 6.42 Å². The summed E-state index contributed by atoms with van der Waals surface area (Å²) in [5, 5.41) is 9.66. The molecule has 0 aliphatic rings. The van der Waals surface area contributed by atoms with Crippen molar-refractivity contribution in [3.63, 3.8) is 0 Å². The molecule has 1 aromatic rings. The van der Waals surface area contributed by atoms with E-state index in [9.17, 15) is 5.11 Å². The average molecular weight is 182 g/mol. The lowest BCUT2D eigenvalue weighted by Gasteiger charge is -2.13. The molecule has 1 rings (SSSR count). The van der Waals surface area contributed by atoms with Gasteiger partial charge in [0.05, 0.1) is 12.4 Å². The molecule has 1 N–H and O–H groups in total. The molecule has 0 saturated heterocycles. The Labute approximate surface area is 79.6 Å². The van der Waals surface area contributed by atoms with Gasteiger partial charge in [0.2, 0.25) is 0 Å². The molecule has 2 heteroatoms. The van der Waals surface area contributed by atoms with Crippen molar-refractivity contribution in [1.29, 1.82) is 0 Å². The van der Waals surface area contributed by atoms with Crippen LogP contribution in [-0.4, -0.2) is 11.2 Å². The van der Waals surface area contributed by atoms with Gasteiger partial charge in [-0.25, -0.2) is 0 Å². The second kappa shape index (κ2) is 5.07. The summed E-state index contributed by atoms with van der Waals surface area (Å²) in [6, 6.07) is 3.76. The summed E-state index contributed by atoms with van der Waals surface area (Å²) in [6.07, 6.45) is 4.00. The van der Waals surface area contributed by atoms with E-state index in [-0.39, 0.29) is 6.10 Å². The van der Waals surface area contributed by atoms with Crippen molar-refractivity contribution in [2.75, 3.05) is 0 Å². The van der Waals surface area contributed by atoms with Gasteiger partial charge in [-0.3, -0.25) is 0 Å². The van der Waals surface area contributed by atoms with Crippen LogP contribution in [0.25, 0.3) is 0 Å². The zero-order valence-electron chi connectivity index (χ0n) is 8.36. The van der Waals surface area contributed by atoms with Crippen molar-refractivity contribution in [3.8, 4) is 0 Å². The highest BCUT2D eigenvalue weighted by atomic mass is 16.3. The first-order valence-corrected chi connectivity index (χ1v) is 4.92. The van der Waals surface area contributed by atoms with Gasteiger partial charge in [0.1, 0.15) is 5.76 Å². The number of hydrogen-bond donors (Lipinski definition) is 1. The van der Waals surface area contributed by atoms with Crippen molar-refractivity contribution in [2.45, 2.75) is 39.2 Å². The summed E-state index contributed by atoms with van der Waals surface area (Å²) in [6.45, 7) is 4.30. The molecule has 0 saturated carbocycles. The van der Waals surface area contributed by atoms with E-state index in [1.165, 1.54) is 0 Å². The van der Waals surface area contributed by atoms with Gasteiger partial charge in [-0.1, -0.05) is 20.3 Å². The molecule has 2 unspecified atom stereocenters. The third kappa shape index (κ3) is 3.64. The molecule has 1 aromatic heterocycles. The highest BCUT2D eigenvalue weighted by Crippen LogP contribution is 2.13. The Balaban J connectivity index is 2.29. The Morgan fingerprint density at radius 2 is 2.31 bits per heavy atom. The number of aliphatic hydroxyl groups excluding tert-OH is 1. The van der Waals surface area contributed by atoms with Crippen molar-refractivity contribution in [2.24, 2.45) is 5.92 Å². The molecule has 2 atom stereocenters. The predicted octanol–water partition coefficient (Wildman–Crippen LogP) is 2.62. The second-order valence-electron chi connectivity index (χ2n) is 3.69. The molecular formula is C11H18O2. The van der Waals surface area contributed by atoms with E-state index in [0.29, 0.717) is 12.3 Å². The van der Waals surface area contributed by atoms with E-state index in [4.69, 9.17) is 4.42 Å². The highest BCUT2D eigenvalue weighted by Gasteiger charge is 2.10. The Bertz CT molecular complexity index is 216. The first-order chi connectivity index (χ1) is 6.22. The maximum atomic E-state index is 9.66. The molecule has 0 radical (unpaired) electrons. The van der Waals surface area contributed by atoms with Gasteiger partial charge in [0.15, 0.2) is 0 Å². The van der Waals surface area contributed by atoms with Crippen LogP contribution in [0.4, 0.5) is 0 Å². The summed E-state index contributed by atoms with van der Waals surface area (Å²) in [5.74, 6) is 1.46. The minimum absolute atomic E-state index is 0.263. The van der Waals surface area contributed by atoms with Crippen LogP contribution in [0, 0.1) is 5.92 Å². The van der Waals surface area contributed by atoms with E-state index in [1.807, 2.05) is 12.1 Å². The van der Waals surface area contributed by atoms with Crippen LogP contribution in [0.3, 0.4) is 0 Å². The van der Waals surface area contributed by atoms with Crippen molar-refractivity contribution >= 4 is 0 Å². The lowest BCUT2D eigenvalue weighted by Crippen LogP contribution is -2.13. The first kappa shape index (κ1) is 10.3. The van der Waals surface area contributed by atoms with E-state index in [1.54, 1.807) is 6.26 Å². The van der Waals surface area contributed by atoms with Crippen LogP contribution in [-0.2, 0) is 6.42 Å². The predicted molar refractivity (Wildman–Crippen MR) is 52.5 cm³/mol. The topological polar surface area (TPSA) is 33.4 Å². The second-order valence-corrected chi connectivity index (χ2v) is 3.69. The normalized spacial score (nSPS) is 15.6. The molecular weight excluding hydrogens is 164 g/mol. The number of rotatable bonds is 5. The van der Waals surface area contributed by atoms with Crippen molar-refractivity contribution in [1.82, 2.24) is 0 Å². The first-order valence-electron chi connectivity index (χ1n) is 4.92. The summed E-state index contributed by atoms with van der Waals surface area (Å²) in [7, 11) is 0. The molecule has 0 fully saturated rings. The number of furan rings is 1. The molecule has 0 aromatic carbocycles. The van der Waals surface area contributed by atoms with E-state index in [0.717, 1.165) is 18.6 Å². The Hall–Kier alpha value is -0.760. The van der Waals surface area contributed by atoms with Crippen LogP contribution in [0.2, 0.25) is 0 Å². The van der Waals surface area contributed by atoms with Gasteiger partial charge >= 0.3 is 0 Å². The molecule has 0 spiro atoms. The number of hydrogen-bond acceptors (Lipinski definition) is 2. The summed E-state index contributed by atoms with van der Waals surface area (Å²) in [5.41, 5.74) is 0. The van der Waals surface area contributed by atoms with Crippen LogP contribution >= 0.6 is 0 Å². The zero-order valence-corrected chi connectivity index (χ0v) is 8.36. The molecule has 0 bridgehead atoms. The molecule has 0 aliphatic heterocycles. The fourth-order valence-electron chi connectivity index (χ4n) is 1.38. The van der Waals surface area contributed by atoms with Crippen LogP contribution < -0.4 is 0 Å². The minimum Gasteiger partial charge on any atom is -0.469 e. The molecule has 0 aliphatic carbocycles. The Morgan fingerprint density at radius 3 is 2.85 bits per heavy atom. The summed E-state index contributed by atoms with van der Waals surface area (Å²) < 4.78 is 5.16. The van der Waals surface area contributed by atoms with Gasteiger partial charge < -0.3 is 9.52 Å². The quantitative estimate of drug-likeness (QED) is 0.759. The smallest absolute Gasteiger partial charge is 0.106 e. The molecule has 13 heavy (non-hydrogen) atoms. The standard InChI is InChI=1S/C11H18O2/c1-3-9(2)7-10(12)8-11-5-4-6-13-11/h4-6,9-10,12H,3,7-8H2,1-2H3. The van der Waals surface area contributed by atoms with E-state index >= 15 is 0 Å². The van der Waals surface area contributed by atoms with Crippen molar-refractivity contribution in [3.05, 3.63) is 24.2 Å². The Morgan fingerprint density at radius 1 is 1.54 bits per heavy atom. The fraction of sp³-hybridized carbons (Fsp3) is 0.636. The van der Waals surface area contributed by atoms with Gasteiger partial charge in [-0.2, -0.15) is 0 Å². The summed E-state index contributed by atoms with van der Waals surface area (Å²) >= 11 is 0. The maximum absolute atomic E-state index is 9.66. The van der Waals surface area contributed by atoms with Gasteiger partial charge in [0.25, 0.3) is 0 Å². The minimum atomic E-state index is -0.263. The monoisotopic (exact) mass is 182 g/mol. The lowest BCUT2D eigenvalue weighted by atomic mass is 9.99. The number of aliphatic hydroxyl groups is 1. The maximum Gasteiger partial charge on any atom is 0.106 e. The van der Waals surface area contributed by atoms with Gasteiger partial charge in [-0.05, 0) is 24.5 Å². The molecule has 1 heterocycles. The lowest BCUT2D eigenvalue weighted by molar-refractivity contribution is 0.138. The highest BCUT2D eigenvalue weighted by molar-refractivity contribution is 4.99. The third-order valence-corrected chi connectivity index (χ3v) is 2.39. The van der Waals surface area contributed by atoms with Crippen LogP contribution in [0.15, 0.2) is 22.8 Å². The SMILES string of the molecule is CCC(C)CC(O)Cc1ccco1. The van der Waals surface area contributed by atoms with Crippen LogP contribution in [0.1, 0.15) is 32.4 Å². The van der Waals surface area contributed by atoms with Gasteiger partial charge in [-0.15, -0.1) is 0 Å². The molecule has 0 amide bonds. The Kier molecular flexibility index (Phi) is 4.03. The van der Waals surface area contributed by atoms with E-state index < -0.39 is 0 Å². The van der Waals surface area contributed by atoms with Crippen LogP contribution in [0.5, 0.6) is 0 Å². The molecule has 74 valence electrons. The zero-order chi connectivity index (χ0) is 9.68. The largest absolute Gasteiger partial charge is 0.469 e. The van der Waals surface area contributed by atoms with E-state index in [2.05, 4.69) is 13.8 Å². The third-order valence-electron chi connectivity index (χ3n) is 2.39. The van der Waals surface area contributed by atoms with Crippen molar-refractivity contribution < 1.29 is 9.52 Å². The average Bonchev–Trinajstić information content (AvgIpc) is 2.56. The fourth-order valence-corrected chi connectivity index (χ4v) is 1.38. The molecule has 2 nitrogen and oxygen atoms in total.